The second-order valence-electron chi connectivity index (χ2n) is 5.45. The largest absolute Gasteiger partial charge is 0.490 e. The highest BCUT2D eigenvalue weighted by molar-refractivity contribution is 5.83. The molecule has 0 rings (SSSR count). The van der Waals surface area contributed by atoms with Crippen molar-refractivity contribution in [2.75, 3.05) is 19.8 Å². The summed E-state index contributed by atoms with van der Waals surface area (Å²) >= 11 is 0. The Kier molecular flexibility index (Phi) is 8.78. The van der Waals surface area contributed by atoms with E-state index in [0.29, 0.717) is 5.32 Å². The lowest BCUT2D eigenvalue weighted by atomic mass is 10.0. The van der Waals surface area contributed by atoms with Crippen LogP contribution in [0.2, 0.25) is 0 Å². The van der Waals surface area contributed by atoms with Crippen molar-refractivity contribution in [1.82, 2.24) is 5.32 Å². The van der Waals surface area contributed by atoms with Crippen LogP contribution < -0.4 is 5.32 Å². The van der Waals surface area contributed by atoms with Crippen LogP contribution in [0.4, 0.5) is 52.7 Å². The third-order valence-electron chi connectivity index (χ3n) is 2.77. The summed E-state index contributed by atoms with van der Waals surface area (Å²) in [5, 5.41) is 0.593. The Bertz CT molecular complexity index is 648. The number of ether oxygens (including phenoxy) is 3. The Labute approximate surface area is 166 Å². The van der Waals surface area contributed by atoms with Gasteiger partial charge in [-0.05, 0) is 0 Å². The highest BCUT2D eigenvalue weighted by Crippen LogP contribution is 2.24. The molecular weight excluding hydrogens is 498 g/mol. The maximum Gasteiger partial charge on any atom is 0.490 e. The van der Waals surface area contributed by atoms with Gasteiger partial charge in [-0.15, -0.1) is 0 Å². The lowest BCUT2D eigenvalue weighted by molar-refractivity contribution is -0.214. The predicted octanol–water partition coefficient (Wildman–Crippen LogP) is 1.72. The topological polar surface area (TPSA) is 108 Å². The summed E-state index contributed by atoms with van der Waals surface area (Å²) < 4.78 is 158. The van der Waals surface area contributed by atoms with E-state index in [1.54, 1.807) is 0 Å². The Morgan fingerprint density at radius 2 is 0.750 bits per heavy atom. The van der Waals surface area contributed by atoms with Crippen LogP contribution in [0, 0.1) is 0 Å². The Morgan fingerprint density at radius 1 is 0.500 bits per heavy atom. The van der Waals surface area contributed by atoms with Gasteiger partial charge in [0.25, 0.3) is 0 Å². The number of rotatable bonds is 7. The van der Waals surface area contributed by atoms with E-state index in [9.17, 15) is 71.9 Å². The van der Waals surface area contributed by atoms with Gasteiger partial charge in [0.1, 0.15) is 25.4 Å². The van der Waals surface area contributed by atoms with E-state index in [1.165, 1.54) is 0 Å². The number of amides is 1. The fourth-order valence-electron chi connectivity index (χ4n) is 1.40. The van der Waals surface area contributed by atoms with Crippen LogP contribution >= 0.6 is 0 Å². The van der Waals surface area contributed by atoms with Crippen LogP contribution in [-0.4, -0.2) is 73.9 Å². The minimum atomic E-state index is -5.96. The average Bonchev–Trinajstić information content (AvgIpc) is 2.58. The molecule has 0 aromatic carbocycles. The van der Waals surface area contributed by atoms with Gasteiger partial charge in [0, 0.05) is 0 Å². The molecule has 1 amide bonds. The number of carbonyl (C=O) groups excluding carboxylic acids is 4. The normalized spacial score (nSPS) is 13.2. The van der Waals surface area contributed by atoms with Crippen molar-refractivity contribution in [2.24, 2.45) is 0 Å². The zero-order chi connectivity index (χ0) is 25.8. The molecule has 0 spiro atoms. The zero-order valence-electron chi connectivity index (χ0n) is 14.5. The second-order valence-corrected chi connectivity index (χ2v) is 5.45. The quantitative estimate of drug-likeness (QED) is 0.319. The number of hydrogen-bond acceptors (Lipinski definition) is 7. The summed E-state index contributed by atoms with van der Waals surface area (Å²) in [5.74, 6) is -12.9. The molecule has 0 saturated carbocycles. The Balaban J connectivity index is 6.07. The average molecular weight is 505 g/mol. The van der Waals surface area contributed by atoms with Crippen molar-refractivity contribution in [3.05, 3.63) is 0 Å². The molecule has 0 fully saturated rings. The van der Waals surface area contributed by atoms with Crippen LogP contribution in [-0.2, 0) is 33.4 Å². The van der Waals surface area contributed by atoms with Crippen LogP contribution in [0.5, 0.6) is 0 Å². The molecule has 0 saturated heterocycles. The van der Waals surface area contributed by atoms with Crippen molar-refractivity contribution in [2.45, 2.75) is 30.2 Å². The number of carbonyl (C=O) groups is 4. The lowest BCUT2D eigenvalue weighted by Gasteiger charge is -2.33. The maximum atomic E-state index is 12.5. The van der Waals surface area contributed by atoms with Gasteiger partial charge >= 0.3 is 48.5 Å². The minimum absolute atomic E-state index is 0.593. The number of esters is 3. The number of halogens is 12. The van der Waals surface area contributed by atoms with E-state index < -0.39 is 73.9 Å². The van der Waals surface area contributed by atoms with Gasteiger partial charge in [0.05, 0.1) is 0 Å². The second kappa shape index (κ2) is 9.67. The summed E-state index contributed by atoms with van der Waals surface area (Å²) in [4.78, 5) is 43.3. The third kappa shape index (κ3) is 9.45. The SMILES string of the molecule is O=C(NC(COC(=O)C(F)(F)F)(COC(=O)C(F)(F)F)COC(=O)C(F)(F)F)C(F)(F)F. The van der Waals surface area contributed by atoms with Crippen molar-refractivity contribution in [1.29, 1.82) is 0 Å². The summed E-state index contributed by atoms with van der Waals surface area (Å²) in [6.07, 6.45) is -23.6. The number of alkyl halides is 12. The van der Waals surface area contributed by atoms with E-state index in [4.69, 9.17) is 0 Å². The summed E-state index contributed by atoms with van der Waals surface area (Å²) in [5.41, 5.74) is -3.67. The van der Waals surface area contributed by atoms with Crippen LogP contribution in [0.25, 0.3) is 0 Å². The minimum Gasteiger partial charge on any atom is -0.456 e. The van der Waals surface area contributed by atoms with Gasteiger partial charge in [0.15, 0.2) is 0 Å². The van der Waals surface area contributed by atoms with Crippen LogP contribution in [0.1, 0.15) is 0 Å². The van der Waals surface area contributed by atoms with Crippen molar-refractivity contribution < 1.29 is 86.1 Å². The predicted molar refractivity (Wildman–Crippen MR) is 68.0 cm³/mol. The lowest BCUT2D eigenvalue weighted by Crippen LogP contribution is -2.62. The Morgan fingerprint density at radius 3 is 0.938 bits per heavy atom. The molecule has 32 heavy (non-hydrogen) atoms. The molecule has 0 aromatic rings. The molecule has 0 aliphatic carbocycles. The fourth-order valence-corrected chi connectivity index (χ4v) is 1.40. The molecule has 0 heterocycles. The highest BCUT2D eigenvalue weighted by atomic mass is 19.4. The van der Waals surface area contributed by atoms with Gasteiger partial charge in [-0.3, -0.25) is 4.79 Å². The first-order valence-electron chi connectivity index (χ1n) is 7.12. The third-order valence-corrected chi connectivity index (χ3v) is 2.77. The summed E-state index contributed by atoms with van der Waals surface area (Å²) in [6, 6.07) is 0. The standard InChI is InChI=1S/C12H7F12NO7/c13-9(14,15)4(26)25-8(1-30-5(27)10(16,17)18,2-31-6(28)11(19,20)21)3-32-7(29)12(22,23)24/h1-3H2,(H,25,26). The van der Waals surface area contributed by atoms with Crippen molar-refractivity contribution in [3.8, 4) is 0 Å². The smallest absolute Gasteiger partial charge is 0.456 e. The monoisotopic (exact) mass is 505 g/mol. The van der Waals surface area contributed by atoms with Gasteiger partial charge in [-0.25, -0.2) is 14.4 Å². The Hall–Kier alpha value is -2.96. The first-order valence-corrected chi connectivity index (χ1v) is 7.12. The molecule has 0 bridgehead atoms. The highest BCUT2D eigenvalue weighted by Gasteiger charge is 2.51. The number of hydrogen-bond donors (Lipinski definition) is 1. The van der Waals surface area contributed by atoms with Gasteiger partial charge in [-0.2, -0.15) is 52.7 Å². The molecule has 0 aliphatic heterocycles. The van der Waals surface area contributed by atoms with Gasteiger partial charge < -0.3 is 19.5 Å². The van der Waals surface area contributed by atoms with E-state index in [1.807, 2.05) is 0 Å². The van der Waals surface area contributed by atoms with E-state index in [-0.39, 0.29) is 0 Å². The summed E-state index contributed by atoms with van der Waals surface area (Å²) in [7, 11) is 0. The molecule has 186 valence electrons. The molecule has 0 unspecified atom stereocenters. The van der Waals surface area contributed by atoms with Crippen molar-refractivity contribution in [3.63, 3.8) is 0 Å². The number of nitrogens with one attached hydrogen (secondary N) is 1. The molecule has 0 atom stereocenters. The van der Waals surface area contributed by atoms with Gasteiger partial charge in [0.2, 0.25) is 0 Å². The molecule has 0 aromatic heterocycles. The molecular formula is C12H7F12NO7. The van der Waals surface area contributed by atoms with Crippen LogP contribution in [0.3, 0.4) is 0 Å². The first kappa shape index (κ1) is 29.0. The van der Waals surface area contributed by atoms with Crippen molar-refractivity contribution >= 4 is 23.8 Å². The molecule has 1 N–H and O–H groups in total. The first-order chi connectivity index (χ1) is 14.0. The van der Waals surface area contributed by atoms with Crippen LogP contribution in [0.15, 0.2) is 0 Å². The zero-order valence-corrected chi connectivity index (χ0v) is 14.5. The van der Waals surface area contributed by atoms with E-state index in [2.05, 4.69) is 14.2 Å². The fraction of sp³-hybridized carbons (Fsp3) is 0.667. The molecule has 8 nitrogen and oxygen atoms in total. The van der Waals surface area contributed by atoms with E-state index >= 15 is 0 Å². The summed E-state index contributed by atoms with van der Waals surface area (Å²) in [6.45, 7) is -6.86. The van der Waals surface area contributed by atoms with Gasteiger partial charge in [-0.1, -0.05) is 0 Å². The molecule has 0 radical (unpaired) electrons. The molecule has 0 aliphatic rings. The van der Waals surface area contributed by atoms with E-state index in [0.717, 1.165) is 0 Å². The molecule has 20 heteroatoms. The maximum absolute atomic E-state index is 12.5.